The molecule has 0 spiro atoms. The van der Waals surface area contributed by atoms with E-state index in [1.54, 1.807) is 24.3 Å². The summed E-state index contributed by atoms with van der Waals surface area (Å²) in [7, 11) is 0. The van der Waals surface area contributed by atoms with Crippen LogP contribution in [0.2, 0.25) is 0 Å². The Morgan fingerprint density at radius 2 is 1.93 bits per heavy atom. The van der Waals surface area contributed by atoms with Gasteiger partial charge in [-0.3, -0.25) is 4.79 Å². The summed E-state index contributed by atoms with van der Waals surface area (Å²) in [6.45, 7) is 0.329. The number of hydrogen-bond donors (Lipinski definition) is 1. The van der Waals surface area contributed by atoms with Crippen molar-refractivity contribution in [2.24, 2.45) is 0 Å². The third kappa shape index (κ3) is 5.22. The fourth-order valence-electron chi connectivity index (χ4n) is 3.24. The average molecular weight is 371 g/mol. The zero-order valence-corrected chi connectivity index (χ0v) is 15.5. The van der Waals surface area contributed by atoms with Crippen molar-refractivity contribution in [3.05, 3.63) is 70.8 Å². The number of benzene rings is 2. The molecule has 0 heterocycles. The molecule has 0 aliphatic heterocycles. The predicted molar refractivity (Wildman–Crippen MR) is 106 cm³/mol. The zero-order chi connectivity index (χ0) is 19.8. The average Bonchev–Trinajstić information content (AvgIpc) is 3.24. The zero-order valence-electron chi connectivity index (χ0n) is 15.5. The van der Waals surface area contributed by atoms with Gasteiger partial charge in [-0.15, -0.1) is 0 Å². The second-order valence-electron chi connectivity index (χ2n) is 6.80. The van der Waals surface area contributed by atoms with Crippen molar-refractivity contribution < 1.29 is 9.53 Å². The van der Waals surface area contributed by atoms with E-state index in [1.165, 1.54) is 0 Å². The Morgan fingerprint density at radius 1 is 1.14 bits per heavy atom. The van der Waals surface area contributed by atoms with Crippen LogP contribution in [0.3, 0.4) is 0 Å². The number of nitriles is 2. The summed E-state index contributed by atoms with van der Waals surface area (Å²) < 4.78 is 5.79. The number of rotatable bonds is 6. The lowest BCUT2D eigenvalue weighted by molar-refractivity contribution is -0.117. The molecule has 2 aromatic rings. The third-order valence-electron chi connectivity index (χ3n) is 4.69. The van der Waals surface area contributed by atoms with Crippen LogP contribution >= 0.6 is 0 Å². The van der Waals surface area contributed by atoms with Gasteiger partial charge < -0.3 is 10.1 Å². The van der Waals surface area contributed by atoms with Gasteiger partial charge in [-0.25, -0.2) is 0 Å². The molecule has 1 N–H and O–H groups in total. The van der Waals surface area contributed by atoms with E-state index in [2.05, 4.69) is 11.4 Å². The molecule has 0 saturated heterocycles. The van der Waals surface area contributed by atoms with Crippen LogP contribution in [0.25, 0.3) is 6.08 Å². The number of ether oxygens (including phenoxy) is 1. The van der Waals surface area contributed by atoms with E-state index in [0.29, 0.717) is 17.9 Å². The Labute approximate surface area is 164 Å². The molecule has 0 unspecified atom stereocenters. The highest BCUT2D eigenvalue weighted by Gasteiger charge is 2.19. The Balaban J connectivity index is 1.67. The topological polar surface area (TPSA) is 85.9 Å². The molecule has 2 aromatic carbocycles. The lowest BCUT2D eigenvalue weighted by atomic mass is 10.1. The van der Waals surface area contributed by atoms with Gasteiger partial charge in [-0.2, -0.15) is 10.5 Å². The molecule has 28 heavy (non-hydrogen) atoms. The van der Waals surface area contributed by atoms with Crippen LogP contribution in [0.4, 0.5) is 0 Å². The molecule has 1 aliphatic carbocycles. The van der Waals surface area contributed by atoms with Crippen molar-refractivity contribution in [1.29, 1.82) is 10.5 Å². The fraction of sp³-hybridized carbons (Fsp3) is 0.261. The number of carbonyl (C=O) groups excluding carboxylic acids is 1. The summed E-state index contributed by atoms with van der Waals surface area (Å²) >= 11 is 0. The Morgan fingerprint density at radius 3 is 2.68 bits per heavy atom. The smallest absolute Gasteiger partial charge is 0.262 e. The van der Waals surface area contributed by atoms with Crippen LogP contribution in [0.15, 0.2) is 54.1 Å². The highest BCUT2D eigenvalue weighted by atomic mass is 16.5. The van der Waals surface area contributed by atoms with Gasteiger partial charge >= 0.3 is 0 Å². The van der Waals surface area contributed by atoms with Gasteiger partial charge in [0.15, 0.2) is 0 Å². The molecule has 0 aromatic heterocycles. The van der Waals surface area contributed by atoms with Gasteiger partial charge in [0.05, 0.1) is 11.6 Å². The largest absolute Gasteiger partial charge is 0.489 e. The van der Waals surface area contributed by atoms with Gasteiger partial charge in [0.25, 0.3) is 5.91 Å². The van der Waals surface area contributed by atoms with Crippen LogP contribution in [-0.4, -0.2) is 11.9 Å². The number of nitrogens with one attached hydrogen (secondary N) is 1. The SMILES string of the molecule is N#CC(=Cc1cccc(OCc2cccc(C#N)c2)c1)C(=O)NC1CCCC1. The van der Waals surface area contributed by atoms with E-state index in [1.807, 2.05) is 36.4 Å². The molecular weight excluding hydrogens is 350 g/mol. The summed E-state index contributed by atoms with van der Waals surface area (Å²) in [6, 6.07) is 18.7. The maximum Gasteiger partial charge on any atom is 0.262 e. The summed E-state index contributed by atoms with van der Waals surface area (Å²) in [4.78, 5) is 12.3. The first kappa shape index (κ1) is 19.2. The van der Waals surface area contributed by atoms with Crippen molar-refractivity contribution in [2.75, 3.05) is 0 Å². The minimum Gasteiger partial charge on any atom is -0.489 e. The van der Waals surface area contributed by atoms with Gasteiger partial charge in [0, 0.05) is 6.04 Å². The maximum atomic E-state index is 12.3. The monoisotopic (exact) mass is 371 g/mol. The molecule has 5 nitrogen and oxygen atoms in total. The minimum absolute atomic E-state index is 0.0887. The van der Waals surface area contributed by atoms with Crippen LogP contribution in [0, 0.1) is 22.7 Å². The molecular formula is C23H21N3O2. The number of hydrogen-bond acceptors (Lipinski definition) is 4. The summed E-state index contributed by atoms with van der Waals surface area (Å²) in [5.74, 6) is 0.304. The quantitative estimate of drug-likeness (QED) is 0.612. The Hall–Kier alpha value is -3.57. The number of carbonyl (C=O) groups is 1. The first-order valence-electron chi connectivity index (χ1n) is 9.32. The number of amides is 1. The van der Waals surface area contributed by atoms with E-state index in [-0.39, 0.29) is 17.5 Å². The summed E-state index contributed by atoms with van der Waals surface area (Å²) in [5, 5.41) is 21.3. The lowest BCUT2D eigenvalue weighted by Gasteiger charge is -2.11. The van der Waals surface area contributed by atoms with Crippen molar-refractivity contribution in [3.63, 3.8) is 0 Å². The van der Waals surface area contributed by atoms with E-state index >= 15 is 0 Å². The van der Waals surface area contributed by atoms with Gasteiger partial charge in [0.1, 0.15) is 24.0 Å². The maximum absolute atomic E-state index is 12.3. The highest BCUT2D eigenvalue weighted by molar-refractivity contribution is 6.01. The molecule has 0 bridgehead atoms. The van der Waals surface area contributed by atoms with Gasteiger partial charge in [0.2, 0.25) is 0 Å². The van der Waals surface area contributed by atoms with Gasteiger partial charge in [-0.1, -0.05) is 37.1 Å². The Bertz CT molecular complexity index is 960. The summed E-state index contributed by atoms with van der Waals surface area (Å²) in [5.41, 5.74) is 2.30. The van der Waals surface area contributed by atoms with Crippen molar-refractivity contribution in [3.8, 4) is 17.9 Å². The standard InChI is InChI=1S/C23H21N3O2/c24-14-18-6-3-7-19(11-18)16-28-22-10-4-5-17(13-22)12-20(15-25)23(27)26-21-8-1-2-9-21/h3-7,10-13,21H,1-2,8-9,16H2,(H,26,27). The summed E-state index contributed by atoms with van der Waals surface area (Å²) in [6.07, 6.45) is 5.76. The van der Waals surface area contributed by atoms with E-state index in [9.17, 15) is 10.1 Å². The lowest BCUT2D eigenvalue weighted by Crippen LogP contribution is -2.33. The molecule has 140 valence electrons. The van der Waals surface area contributed by atoms with Crippen molar-refractivity contribution in [1.82, 2.24) is 5.32 Å². The van der Waals surface area contributed by atoms with E-state index in [4.69, 9.17) is 10.00 Å². The highest BCUT2D eigenvalue weighted by Crippen LogP contribution is 2.20. The van der Waals surface area contributed by atoms with E-state index < -0.39 is 0 Å². The van der Waals surface area contributed by atoms with Crippen LogP contribution in [-0.2, 0) is 11.4 Å². The normalized spacial score (nSPS) is 14.1. The fourth-order valence-corrected chi connectivity index (χ4v) is 3.24. The van der Waals surface area contributed by atoms with Gasteiger partial charge in [-0.05, 0) is 54.3 Å². The molecule has 5 heteroatoms. The molecule has 0 atom stereocenters. The molecule has 1 aliphatic rings. The molecule has 3 rings (SSSR count). The molecule has 1 saturated carbocycles. The predicted octanol–water partition coefficient (Wildman–Crippen LogP) is 4.10. The molecule has 1 amide bonds. The third-order valence-corrected chi connectivity index (χ3v) is 4.69. The van der Waals surface area contributed by atoms with Crippen molar-refractivity contribution >= 4 is 12.0 Å². The van der Waals surface area contributed by atoms with E-state index in [0.717, 1.165) is 36.8 Å². The number of nitrogens with zero attached hydrogens (tertiary/aromatic N) is 2. The second kappa shape index (κ2) is 9.39. The second-order valence-corrected chi connectivity index (χ2v) is 6.80. The van der Waals surface area contributed by atoms with Crippen LogP contribution in [0.1, 0.15) is 42.4 Å². The Kier molecular flexibility index (Phi) is 6.44. The first-order valence-corrected chi connectivity index (χ1v) is 9.32. The minimum atomic E-state index is -0.325. The van der Waals surface area contributed by atoms with Crippen molar-refractivity contribution in [2.45, 2.75) is 38.3 Å². The first-order chi connectivity index (χ1) is 13.7. The van der Waals surface area contributed by atoms with Crippen LogP contribution in [0.5, 0.6) is 5.75 Å². The molecule has 1 fully saturated rings. The van der Waals surface area contributed by atoms with Crippen LogP contribution < -0.4 is 10.1 Å². The molecule has 0 radical (unpaired) electrons.